The molecule has 0 saturated heterocycles. The standard InChI is InChI=1S/C12H11ClN2S/c13-9-3-5-10(6-4-9)14-12-15-7-1-2-11(15)8-16-12/h3-6,8H,1-2,7H2/p+1. The Balaban J connectivity index is 1.86. The van der Waals surface area contributed by atoms with Crippen LogP contribution in [-0.4, -0.2) is 0 Å². The molecule has 1 N–H and O–H groups in total. The summed E-state index contributed by atoms with van der Waals surface area (Å²) in [6, 6.07) is 7.82. The number of hydrogen-bond donors (Lipinski definition) is 1. The van der Waals surface area contributed by atoms with Crippen LogP contribution < -0.4 is 9.88 Å². The fourth-order valence-corrected chi connectivity index (χ4v) is 3.12. The molecule has 3 rings (SSSR count). The number of rotatable bonds is 2. The number of nitrogens with one attached hydrogen (secondary N) is 1. The van der Waals surface area contributed by atoms with Crippen LogP contribution in [0.25, 0.3) is 0 Å². The number of aryl methyl sites for hydroxylation is 1. The largest absolute Gasteiger partial charge is 0.339 e. The molecular formula is C12H12ClN2S+. The van der Waals surface area contributed by atoms with E-state index < -0.39 is 0 Å². The van der Waals surface area contributed by atoms with E-state index in [9.17, 15) is 0 Å². The van der Waals surface area contributed by atoms with Crippen molar-refractivity contribution < 1.29 is 4.57 Å². The van der Waals surface area contributed by atoms with Crippen LogP contribution in [0.15, 0.2) is 29.6 Å². The van der Waals surface area contributed by atoms with Gasteiger partial charge in [-0.1, -0.05) is 22.9 Å². The highest BCUT2D eigenvalue weighted by Gasteiger charge is 2.22. The molecule has 16 heavy (non-hydrogen) atoms. The van der Waals surface area contributed by atoms with Crippen molar-refractivity contribution in [2.45, 2.75) is 19.4 Å². The molecule has 1 aromatic carbocycles. The molecule has 0 aliphatic carbocycles. The zero-order chi connectivity index (χ0) is 11.0. The van der Waals surface area contributed by atoms with Gasteiger partial charge in [-0.2, -0.15) is 0 Å². The Kier molecular flexibility index (Phi) is 2.58. The summed E-state index contributed by atoms with van der Waals surface area (Å²) in [4.78, 5) is 0. The summed E-state index contributed by atoms with van der Waals surface area (Å²) in [5.41, 5.74) is 2.54. The number of aromatic nitrogens is 1. The van der Waals surface area contributed by atoms with Crippen LogP contribution in [0.5, 0.6) is 0 Å². The third-order valence-corrected chi connectivity index (χ3v) is 4.00. The summed E-state index contributed by atoms with van der Waals surface area (Å²) in [7, 11) is 0. The van der Waals surface area contributed by atoms with Crippen LogP contribution in [0.2, 0.25) is 5.02 Å². The van der Waals surface area contributed by atoms with Crippen LogP contribution in [0, 0.1) is 0 Å². The third kappa shape index (κ3) is 1.81. The van der Waals surface area contributed by atoms with E-state index in [1.54, 1.807) is 11.3 Å². The predicted octanol–water partition coefficient (Wildman–Crippen LogP) is 3.38. The SMILES string of the molecule is Clc1ccc(Nc2scc3[n+]2CCC3)cc1. The number of halogens is 1. The van der Waals surface area contributed by atoms with E-state index in [4.69, 9.17) is 11.6 Å². The lowest BCUT2D eigenvalue weighted by Gasteiger charge is -1.99. The second-order valence-corrected chi connectivity index (χ2v) is 5.21. The van der Waals surface area contributed by atoms with Gasteiger partial charge in [0.25, 0.3) is 0 Å². The highest BCUT2D eigenvalue weighted by molar-refractivity contribution is 7.13. The van der Waals surface area contributed by atoms with Crippen LogP contribution in [0.1, 0.15) is 12.1 Å². The molecule has 1 aromatic heterocycles. The van der Waals surface area contributed by atoms with E-state index in [-0.39, 0.29) is 0 Å². The fraction of sp³-hybridized carbons (Fsp3) is 0.250. The summed E-state index contributed by atoms with van der Waals surface area (Å²) >= 11 is 7.63. The Morgan fingerprint density at radius 1 is 1.25 bits per heavy atom. The lowest BCUT2D eigenvalue weighted by molar-refractivity contribution is -0.672. The van der Waals surface area contributed by atoms with Crippen molar-refractivity contribution in [3.05, 3.63) is 40.4 Å². The molecule has 0 fully saturated rings. The van der Waals surface area contributed by atoms with Crippen molar-refractivity contribution in [2.75, 3.05) is 5.32 Å². The topological polar surface area (TPSA) is 15.9 Å². The van der Waals surface area contributed by atoms with Crippen molar-refractivity contribution in [2.24, 2.45) is 0 Å². The number of thiazole rings is 1. The maximum absolute atomic E-state index is 5.86. The summed E-state index contributed by atoms with van der Waals surface area (Å²) in [5, 5.41) is 7.67. The lowest BCUT2D eigenvalue weighted by Crippen LogP contribution is -2.32. The number of benzene rings is 1. The number of hydrogen-bond acceptors (Lipinski definition) is 2. The minimum Gasteiger partial charge on any atom is -0.231 e. The van der Waals surface area contributed by atoms with E-state index >= 15 is 0 Å². The van der Waals surface area contributed by atoms with E-state index in [0.717, 1.165) is 17.3 Å². The average Bonchev–Trinajstić information content (AvgIpc) is 2.86. The summed E-state index contributed by atoms with van der Waals surface area (Å²) in [5.74, 6) is 0. The normalized spacial score (nSPS) is 13.8. The molecule has 1 aliphatic rings. The van der Waals surface area contributed by atoms with Crippen LogP contribution >= 0.6 is 22.9 Å². The van der Waals surface area contributed by atoms with Crippen molar-refractivity contribution in [3.63, 3.8) is 0 Å². The number of nitrogens with zero attached hydrogens (tertiary/aromatic N) is 1. The Morgan fingerprint density at radius 3 is 2.88 bits per heavy atom. The predicted molar refractivity (Wildman–Crippen MR) is 67.6 cm³/mol. The molecule has 2 aromatic rings. The lowest BCUT2D eigenvalue weighted by atomic mass is 10.3. The van der Waals surface area contributed by atoms with Crippen LogP contribution in [0.3, 0.4) is 0 Å². The van der Waals surface area contributed by atoms with Crippen LogP contribution in [-0.2, 0) is 13.0 Å². The Hall–Kier alpha value is -1.06. The van der Waals surface area contributed by atoms with Gasteiger partial charge in [-0.25, -0.2) is 9.88 Å². The molecule has 0 bridgehead atoms. The maximum Gasteiger partial charge on any atom is 0.339 e. The van der Waals surface area contributed by atoms with Gasteiger partial charge in [0.2, 0.25) is 0 Å². The second-order valence-electron chi connectivity index (χ2n) is 3.92. The van der Waals surface area contributed by atoms with E-state index in [1.807, 2.05) is 24.3 Å². The zero-order valence-corrected chi connectivity index (χ0v) is 10.3. The first-order chi connectivity index (χ1) is 7.83. The zero-order valence-electron chi connectivity index (χ0n) is 8.74. The number of anilines is 2. The number of fused-ring (bicyclic) bond motifs is 1. The highest BCUT2D eigenvalue weighted by Crippen LogP contribution is 2.23. The minimum absolute atomic E-state index is 0.773. The van der Waals surface area contributed by atoms with Gasteiger partial charge in [-0.15, -0.1) is 0 Å². The van der Waals surface area contributed by atoms with Crippen molar-refractivity contribution in [1.82, 2.24) is 0 Å². The maximum atomic E-state index is 5.86. The minimum atomic E-state index is 0.773. The molecule has 0 atom stereocenters. The first-order valence-electron chi connectivity index (χ1n) is 5.36. The van der Waals surface area contributed by atoms with Gasteiger partial charge < -0.3 is 0 Å². The Bertz CT molecular complexity index is 504. The molecular weight excluding hydrogens is 240 g/mol. The highest BCUT2D eigenvalue weighted by atomic mass is 35.5. The van der Waals surface area contributed by atoms with E-state index in [1.165, 1.54) is 23.7 Å². The summed E-state index contributed by atoms with van der Waals surface area (Å²) in [6.07, 6.45) is 2.47. The molecule has 0 saturated carbocycles. The Morgan fingerprint density at radius 2 is 2.06 bits per heavy atom. The third-order valence-electron chi connectivity index (χ3n) is 2.81. The Labute approximate surface area is 104 Å². The van der Waals surface area contributed by atoms with E-state index in [0.29, 0.717) is 0 Å². The van der Waals surface area contributed by atoms with Gasteiger partial charge in [0, 0.05) is 16.8 Å². The molecule has 4 heteroatoms. The van der Waals surface area contributed by atoms with Gasteiger partial charge in [-0.05, 0) is 30.7 Å². The molecule has 0 unspecified atom stereocenters. The van der Waals surface area contributed by atoms with Crippen molar-refractivity contribution >= 4 is 33.8 Å². The molecule has 1 aliphatic heterocycles. The van der Waals surface area contributed by atoms with Crippen LogP contribution in [0.4, 0.5) is 10.8 Å². The smallest absolute Gasteiger partial charge is 0.231 e. The second kappa shape index (κ2) is 4.07. The molecule has 0 radical (unpaired) electrons. The fourth-order valence-electron chi connectivity index (χ4n) is 1.99. The van der Waals surface area contributed by atoms with Gasteiger partial charge in [0.05, 0.1) is 6.54 Å². The summed E-state index contributed by atoms with van der Waals surface area (Å²) < 4.78 is 2.36. The first kappa shape index (κ1) is 10.1. The molecule has 0 spiro atoms. The molecule has 0 amide bonds. The monoisotopic (exact) mass is 251 g/mol. The summed E-state index contributed by atoms with van der Waals surface area (Å²) in [6.45, 7) is 1.13. The quantitative estimate of drug-likeness (QED) is 0.810. The molecule has 82 valence electrons. The van der Waals surface area contributed by atoms with Gasteiger partial charge >= 0.3 is 5.13 Å². The first-order valence-corrected chi connectivity index (χ1v) is 6.61. The molecule has 2 heterocycles. The molecule has 2 nitrogen and oxygen atoms in total. The van der Waals surface area contributed by atoms with E-state index in [2.05, 4.69) is 15.3 Å². The van der Waals surface area contributed by atoms with Crippen molar-refractivity contribution in [3.8, 4) is 0 Å². The van der Waals surface area contributed by atoms with Gasteiger partial charge in [0.1, 0.15) is 11.4 Å². The van der Waals surface area contributed by atoms with Gasteiger partial charge in [0.15, 0.2) is 0 Å². The van der Waals surface area contributed by atoms with Gasteiger partial charge in [-0.3, -0.25) is 0 Å². The average molecular weight is 252 g/mol. The van der Waals surface area contributed by atoms with Crippen molar-refractivity contribution in [1.29, 1.82) is 0 Å².